The van der Waals surface area contributed by atoms with Gasteiger partial charge in [-0.2, -0.15) is 0 Å². The fourth-order valence-corrected chi connectivity index (χ4v) is 2.83. The van der Waals surface area contributed by atoms with Gasteiger partial charge in [-0.3, -0.25) is 9.59 Å². The SMILES string of the molecule is CCC(=O)Nc1ccc(NC(=O)CN2CCc3ccccc32)cc1. The summed E-state index contributed by atoms with van der Waals surface area (Å²) in [5.41, 5.74) is 3.89. The van der Waals surface area contributed by atoms with Crippen LogP contribution >= 0.6 is 0 Å². The highest BCUT2D eigenvalue weighted by Crippen LogP contribution is 2.27. The molecule has 5 heteroatoms. The van der Waals surface area contributed by atoms with E-state index in [0.717, 1.165) is 30.0 Å². The molecule has 0 radical (unpaired) electrons. The zero-order chi connectivity index (χ0) is 16.9. The Morgan fingerprint density at radius 1 is 0.958 bits per heavy atom. The molecule has 0 aliphatic carbocycles. The molecule has 5 nitrogen and oxygen atoms in total. The van der Waals surface area contributed by atoms with Gasteiger partial charge in [0.1, 0.15) is 0 Å². The number of nitrogens with one attached hydrogen (secondary N) is 2. The molecule has 24 heavy (non-hydrogen) atoms. The van der Waals surface area contributed by atoms with Crippen LogP contribution in [0.5, 0.6) is 0 Å². The van der Waals surface area contributed by atoms with E-state index in [1.807, 2.05) is 12.1 Å². The van der Waals surface area contributed by atoms with E-state index in [1.54, 1.807) is 31.2 Å². The number of hydrogen-bond acceptors (Lipinski definition) is 3. The molecule has 0 atom stereocenters. The van der Waals surface area contributed by atoms with E-state index in [-0.39, 0.29) is 11.8 Å². The predicted octanol–water partition coefficient (Wildman–Crippen LogP) is 3.04. The maximum atomic E-state index is 12.3. The fraction of sp³-hybridized carbons (Fsp3) is 0.263. The first-order valence-electron chi connectivity index (χ1n) is 8.18. The van der Waals surface area contributed by atoms with Gasteiger partial charge in [0, 0.05) is 30.0 Å². The Balaban J connectivity index is 1.57. The average molecular weight is 323 g/mol. The molecule has 0 spiro atoms. The van der Waals surface area contributed by atoms with Crippen LogP contribution in [0, 0.1) is 0 Å². The topological polar surface area (TPSA) is 61.4 Å². The van der Waals surface area contributed by atoms with Gasteiger partial charge in [0.15, 0.2) is 0 Å². The fourth-order valence-electron chi connectivity index (χ4n) is 2.83. The molecule has 124 valence electrons. The Morgan fingerprint density at radius 3 is 2.25 bits per heavy atom. The van der Waals surface area contributed by atoms with Crippen molar-refractivity contribution >= 4 is 28.9 Å². The minimum absolute atomic E-state index is 0.0283. The summed E-state index contributed by atoms with van der Waals surface area (Å²) in [4.78, 5) is 25.7. The van der Waals surface area contributed by atoms with Crippen LogP contribution in [0.1, 0.15) is 18.9 Å². The Kier molecular flexibility index (Phi) is 4.79. The first-order valence-corrected chi connectivity index (χ1v) is 8.18. The number of carbonyl (C=O) groups is 2. The first kappa shape index (κ1) is 16.1. The molecule has 3 rings (SSSR count). The normalized spacial score (nSPS) is 12.6. The molecule has 2 aromatic carbocycles. The van der Waals surface area contributed by atoms with Crippen molar-refractivity contribution in [2.75, 3.05) is 28.6 Å². The van der Waals surface area contributed by atoms with Crippen molar-refractivity contribution in [3.63, 3.8) is 0 Å². The summed E-state index contributed by atoms with van der Waals surface area (Å²) >= 11 is 0. The van der Waals surface area contributed by atoms with Gasteiger partial charge in [0.05, 0.1) is 6.54 Å². The van der Waals surface area contributed by atoms with Crippen LogP contribution in [0.25, 0.3) is 0 Å². The maximum absolute atomic E-state index is 12.3. The number of fused-ring (bicyclic) bond motifs is 1. The van der Waals surface area contributed by atoms with Gasteiger partial charge < -0.3 is 15.5 Å². The average Bonchev–Trinajstić information content (AvgIpc) is 2.99. The van der Waals surface area contributed by atoms with Crippen LogP contribution in [0.15, 0.2) is 48.5 Å². The number of benzene rings is 2. The molecule has 1 aliphatic rings. The minimum atomic E-state index is -0.0444. The third-order valence-electron chi connectivity index (χ3n) is 4.09. The Labute approximate surface area is 141 Å². The largest absolute Gasteiger partial charge is 0.362 e. The predicted molar refractivity (Wildman–Crippen MR) is 96.4 cm³/mol. The third kappa shape index (κ3) is 3.74. The van der Waals surface area contributed by atoms with Gasteiger partial charge in [0.2, 0.25) is 11.8 Å². The van der Waals surface area contributed by atoms with Gasteiger partial charge in [-0.25, -0.2) is 0 Å². The quantitative estimate of drug-likeness (QED) is 0.889. The highest BCUT2D eigenvalue weighted by Gasteiger charge is 2.20. The number of anilines is 3. The lowest BCUT2D eigenvalue weighted by Gasteiger charge is -2.18. The van der Waals surface area contributed by atoms with Crippen LogP contribution in [0.3, 0.4) is 0 Å². The van der Waals surface area contributed by atoms with Crippen LogP contribution < -0.4 is 15.5 Å². The van der Waals surface area contributed by atoms with Crippen LogP contribution in [0.2, 0.25) is 0 Å². The summed E-state index contributed by atoms with van der Waals surface area (Å²) in [6, 6.07) is 15.3. The van der Waals surface area contributed by atoms with Gasteiger partial charge >= 0.3 is 0 Å². The molecule has 1 aliphatic heterocycles. The molecule has 1 heterocycles. The Hall–Kier alpha value is -2.82. The second kappa shape index (κ2) is 7.17. The van der Waals surface area contributed by atoms with E-state index in [1.165, 1.54) is 5.56 Å². The van der Waals surface area contributed by atoms with E-state index in [2.05, 4.69) is 27.7 Å². The maximum Gasteiger partial charge on any atom is 0.243 e. The molecule has 0 saturated carbocycles. The number of carbonyl (C=O) groups excluding carboxylic acids is 2. The minimum Gasteiger partial charge on any atom is -0.362 e. The monoisotopic (exact) mass is 323 g/mol. The van der Waals surface area contributed by atoms with E-state index in [9.17, 15) is 9.59 Å². The lowest BCUT2D eigenvalue weighted by molar-refractivity contribution is -0.116. The number of amides is 2. The highest BCUT2D eigenvalue weighted by molar-refractivity contribution is 5.95. The van der Waals surface area contributed by atoms with Gasteiger partial charge in [-0.15, -0.1) is 0 Å². The van der Waals surface area contributed by atoms with Crippen LogP contribution in [-0.4, -0.2) is 24.9 Å². The van der Waals surface area contributed by atoms with Crippen molar-refractivity contribution in [1.29, 1.82) is 0 Å². The Bertz CT molecular complexity index is 741. The van der Waals surface area contributed by atoms with Crippen molar-refractivity contribution in [2.45, 2.75) is 19.8 Å². The molecular formula is C19H21N3O2. The van der Waals surface area contributed by atoms with E-state index < -0.39 is 0 Å². The third-order valence-corrected chi connectivity index (χ3v) is 4.09. The zero-order valence-corrected chi connectivity index (χ0v) is 13.7. The highest BCUT2D eigenvalue weighted by atomic mass is 16.2. The van der Waals surface area contributed by atoms with Crippen molar-refractivity contribution < 1.29 is 9.59 Å². The van der Waals surface area contributed by atoms with E-state index in [4.69, 9.17) is 0 Å². The summed E-state index contributed by atoms with van der Waals surface area (Å²) in [5, 5.41) is 5.68. The van der Waals surface area contributed by atoms with Crippen molar-refractivity contribution in [3.05, 3.63) is 54.1 Å². The van der Waals surface area contributed by atoms with Gasteiger partial charge in [0.25, 0.3) is 0 Å². The number of para-hydroxylation sites is 1. The zero-order valence-electron chi connectivity index (χ0n) is 13.7. The standard InChI is InChI=1S/C19H21N3O2/c1-2-18(23)20-15-7-9-16(10-8-15)21-19(24)13-22-12-11-14-5-3-4-6-17(14)22/h3-10H,2,11-13H2,1H3,(H,20,23)(H,21,24). The molecule has 2 amide bonds. The molecule has 2 aromatic rings. The molecule has 0 fully saturated rings. The number of nitrogens with zero attached hydrogens (tertiary/aromatic N) is 1. The summed E-state index contributed by atoms with van der Waals surface area (Å²) in [6.07, 6.45) is 1.42. The van der Waals surface area contributed by atoms with Gasteiger partial charge in [-0.1, -0.05) is 25.1 Å². The lowest BCUT2D eigenvalue weighted by atomic mass is 10.2. The Morgan fingerprint density at radius 2 is 1.58 bits per heavy atom. The summed E-state index contributed by atoms with van der Waals surface area (Å²) in [5.74, 6) is -0.0727. The molecule has 0 unspecified atom stereocenters. The van der Waals surface area contributed by atoms with Crippen molar-refractivity contribution in [2.24, 2.45) is 0 Å². The summed E-state index contributed by atoms with van der Waals surface area (Å²) in [7, 11) is 0. The number of rotatable bonds is 5. The molecule has 0 saturated heterocycles. The van der Waals surface area contributed by atoms with Crippen molar-refractivity contribution in [1.82, 2.24) is 0 Å². The van der Waals surface area contributed by atoms with E-state index >= 15 is 0 Å². The second-order valence-corrected chi connectivity index (χ2v) is 5.83. The molecule has 2 N–H and O–H groups in total. The van der Waals surface area contributed by atoms with Crippen LogP contribution in [0.4, 0.5) is 17.1 Å². The second-order valence-electron chi connectivity index (χ2n) is 5.83. The number of hydrogen-bond donors (Lipinski definition) is 2. The summed E-state index contributed by atoms with van der Waals surface area (Å²) < 4.78 is 0. The molecule has 0 aromatic heterocycles. The van der Waals surface area contributed by atoms with Crippen molar-refractivity contribution in [3.8, 4) is 0 Å². The lowest BCUT2D eigenvalue weighted by Crippen LogP contribution is -2.31. The molecular weight excluding hydrogens is 302 g/mol. The first-order chi connectivity index (χ1) is 11.7. The summed E-state index contributed by atoms with van der Waals surface area (Å²) in [6.45, 7) is 3.01. The smallest absolute Gasteiger partial charge is 0.243 e. The van der Waals surface area contributed by atoms with E-state index in [0.29, 0.717) is 13.0 Å². The van der Waals surface area contributed by atoms with Gasteiger partial charge in [-0.05, 0) is 42.3 Å². The van der Waals surface area contributed by atoms with Crippen LogP contribution in [-0.2, 0) is 16.0 Å². The molecule has 0 bridgehead atoms.